The van der Waals surface area contributed by atoms with E-state index in [0.29, 0.717) is 5.41 Å². The summed E-state index contributed by atoms with van der Waals surface area (Å²) in [4.78, 5) is 0. The zero-order valence-corrected chi connectivity index (χ0v) is 15.3. The van der Waals surface area contributed by atoms with E-state index in [-0.39, 0.29) is 0 Å². The SMILES string of the molecule is CCCCCCCCC(NCCC)C1CCC(C)(C)CC1. The lowest BCUT2D eigenvalue weighted by molar-refractivity contribution is 0.156. The lowest BCUT2D eigenvalue weighted by Crippen LogP contribution is -2.39. The van der Waals surface area contributed by atoms with Gasteiger partial charge in [-0.25, -0.2) is 0 Å². The molecule has 1 aliphatic rings. The third kappa shape index (κ3) is 8.24. The first-order valence-electron chi connectivity index (χ1n) is 9.82. The summed E-state index contributed by atoms with van der Waals surface area (Å²) in [6.07, 6.45) is 17.0. The standard InChI is InChI=1S/C20H41N/c1-5-7-8-9-10-11-12-19(21-17-6-2)18-13-15-20(3,4)16-14-18/h18-19,21H,5-17H2,1-4H3. The van der Waals surface area contributed by atoms with E-state index in [2.05, 4.69) is 33.0 Å². The smallest absolute Gasteiger partial charge is 0.00953 e. The minimum atomic E-state index is 0.603. The lowest BCUT2D eigenvalue weighted by Gasteiger charge is -2.38. The van der Waals surface area contributed by atoms with E-state index in [9.17, 15) is 0 Å². The lowest BCUT2D eigenvalue weighted by atomic mass is 9.70. The fourth-order valence-corrected chi connectivity index (χ4v) is 3.80. The Labute approximate surface area is 134 Å². The van der Waals surface area contributed by atoms with Gasteiger partial charge in [-0.2, -0.15) is 0 Å². The molecule has 0 radical (unpaired) electrons. The predicted octanol–water partition coefficient (Wildman–Crippen LogP) is 6.32. The molecule has 1 N–H and O–H groups in total. The van der Waals surface area contributed by atoms with Crippen molar-refractivity contribution in [2.24, 2.45) is 11.3 Å². The van der Waals surface area contributed by atoms with Crippen molar-refractivity contribution in [2.75, 3.05) is 6.54 Å². The van der Waals surface area contributed by atoms with Gasteiger partial charge in [0.25, 0.3) is 0 Å². The molecule has 1 rings (SSSR count). The fourth-order valence-electron chi connectivity index (χ4n) is 3.80. The number of unbranched alkanes of at least 4 members (excludes halogenated alkanes) is 5. The maximum atomic E-state index is 3.87. The van der Waals surface area contributed by atoms with Crippen LogP contribution in [0.1, 0.15) is 105 Å². The summed E-state index contributed by atoms with van der Waals surface area (Å²) in [5.41, 5.74) is 0.603. The Bertz CT molecular complexity index is 236. The van der Waals surface area contributed by atoms with E-state index in [1.54, 1.807) is 0 Å². The van der Waals surface area contributed by atoms with Gasteiger partial charge in [-0.05, 0) is 56.4 Å². The second-order valence-corrected chi connectivity index (χ2v) is 8.12. The molecule has 0 amide bonds. The van der Waals surface area contributed by atoms with Crippen LogP contribution in [0.25, 0.3) is 0 Å². The van der Waals surface area contributed by atoms with E-state index in [4.69, 9.17) is 0 Å². The molecule has 1 saturated carbocycles. The summed E-state index contributed by atoms with van der Waals surface area (Å²) in [6, 6.07) is 0.798. The maximum absolute atomic E-state index is 3.87. The number of rotatable bonds is 11. The van der Waals surface area contributed by atoms with Crippen LogP contribution in [-0.4, -0.2) is 12.6 Å². The number of hydrogen-bond acceptors (Lipinski definition) is 1. The molecule has 0 heterocycles. The summed E-state index contributed by atoms with van der Waals surface area (Å²) in [6.45, 7) is 10.7. The molecule has 0 saturated heterocycles. The minimum absolute atomic E-state index is 0.603. The van der Waals surface area contributed by atoms with Crippen LogP contribution in [0.15, 0.2) is 0 Å². The molecule has 1 atom stereocenters. The molecule has 1 heteroatoms. The highest BCUT2D eigenvalue weighted by Gasteiger charge is 2.30. The second kappa shape index (κ2) is 10.6. The van der Waals surface area contributed by atoms with Gasteiger partial charge in [-0.15, -0.1) is 0 Å². The molecule has 0 spiro atoms. The predicted molar refractivity (Wildman–Crippen MR) is 95.8 cm³/mol. The van der Waals surface area contributed by atoms with Gasteiger partial charge in [0, 0.05) is 6.04 Å². The van der Waals surface area contributed by atoms with E-state index in [1.807, 2.05) is 0 Å². The van der Waals surface area contributed by atoms with Crippen molar-refractivity contribution >= 4 is 0 Å². The van der Waals surface area contributed by atoms with E-state index in [1.165, 1.54) is 83.6 Å². The number of hydrogen-bond donors (Lipinski definition) is 1. The Kier molecular flexibility index (Phi) is 9.64. The minimum Gasteiger partial charge on any atom is -0.314 e. The van der Waals surface area contributed by atoms with Crippen molar-refractivity contribution in [3.8, 4) is 0 Å². The average Bonchev–Trinajstić information content (AvgIpc) is 2.46. The molecule has 1 fully saturated rings. The summed E-state index contributed by atoms with van der Waals surface area (Å²) in [5, 5.41) is 3.87. The molecule has 0 aromatic rings. The Morgan fingerprint density at radius 3 is 2.14 bits per heavy atom. The molecule has 0 aromatic heterocycles. The summed E-state index contributed by atoms with van der Waals surface area (Å²) in [5.74, 6) is 0.945. The average molecular weight is 296 g/mol. The zero-order chi connectivity index (χ0) is 15.6. The van der Waals surface area contributed by atoms with Crippen LogP contribution >= 0.6 is 0 Å². The van der Waals surface area contributed by atoms with Gasteiger partial charge in [0.15, 0.2) is 0 Å². The monoisotopic (exact) mass is 295 g/mol. The summed E-state index contributed by atoms with van der Waals surface area (Å²) in [7, 11) is 0. The third-order valence-electron chi connectivity index (χ3n) is 5.48. The van der Waals surface area contributed by atoms with Crippen molar-refractivity contribution in [1.82, 2.24) is 5.32 Å². The Morgan fingerprint density at radius 1 is 0.905 bits per heavy atom. The van der Waals surface area contributed by atoms with Gasteiger partial charge >= 0.3 is 0 Å². The first kappa shape index (κ1) is 19.0. The van der Waals surface area contributed by atoms with Gasteiger partial charge in [0.1, 0.15) is 0 Å². The molecule has 21 heavy (non-hydrogen) atoms. The van der Waals surface area contributed by atoms with Gasteiger partial charge in [-0.3, -0.25) is 0 Å². The first-order valence-corrected chi connectivity index (χ1v) is 9.82. The third-order valence-corrected chi connectivity index (χ3v) is 5.48. The molecule has 0 bridgehead atoms. The van der Waals surface area contributed by atoms with Gasteiger partial charge in [0.2, 0.25) is 0 Å². The van der Waals surface area contributed by atoms with Crippen LogP contribution < -0.4 is 5.32 Å². The second-order valence-electron chi connectivity index (χ2n) is 8.12. The number of nitrogens with one attached hydrogen (secondary N) is 1. The molecule has 126 valence electrons. The van der Waals surface area contributed by atoms with E-state index < -0.39 is 0 Å². The quantitative estimate of drug-likeness (QED) is 0.440. The van der Waals surface area contributed by atoms with E-state index >= 15 is 0 Å². The van der Waals surface area contributed by atoms with Crippen LogP contribution in [0.5, 0.6) is 0 Å². The first-order chi connectivity index (χ1) is 10.1. The van der Waals surface area contributed by atoms with Crippen molar-refractivity contribution in [2.45, 2.75) is 111 Å². The molecule has 1 unspecified atom stereocenters. The van der Waals surface area contributed by atoms with Crippen LogP contribution in [0.4, 0.5) is 0 Å². The van der Waals surface area contributed by atoms with Crippen LogP contribution in [0.2, 0.25) is 0 Å². The highest BCUT2D eigenvalue weighted by molar-refractivity contribution is 4.85. The molecule has 0 aliphatic heterocycles. The molecule has 1 nitrogen and oxygen atoms in total. The summed E-state index contributed by atoms with van der Waals surface area (Å²) < 4.78 is 0. The Hall–Kier alpha value is -0.0400. The highest BCUT2D eigenvalue weighted by Crippen LogP contribution is 2.39. The van der Waals surface area contributed by atoms with Crippen LogP contribution in [0.3, 0.4) is 0 Å². The normalized spacial score (nSPS) is 20.6. The van der Waals surface area contributed by atoms with Gasteiger partial charge in [-0.1, -0.05) is 66.2 Å². The molecular formula is C20H41N. The molecule has 1 aliphatic carbocycles. The Morgan fingerprint density at radius 2 is 1.52 bits per heavy atom. The highest BCUT2D eigenvalue weighted by atomic mass is 14.9. The maximum Gasteiger partial charge on any atom is 0.00953 e. The Balaban J connectivity index is 2.27. The van der Waals surface area contributed by atoms with Crippen LogP contribution in [0, 0.1) is 11.3 Å². The summed E-state index contributed by atoms with van der Waals surface area (Å²) >= 11 is 0. The fraction of sp³-hybridized carbons (Fsp3) is 1.00. The molecule has 0 aromatic carbocycles. The zero-order valence-electron chi connectivity index (χ0n) is 15.3. The van der Waals surface area contributed by atoms with Crippen molar-refractivity contribution in [3.05, 3.63) is 0 Å². The van der Waals surface area contributed by atoms with Crippen molar-refractivity contribution < 1.29 is 0 Å². The van der Waals surface area contributed by atoms with Crippen molar-refractivity contribution in [1.29, 1.82) is 0 Å². The molecular weight excluding hydrogens is 254 g/mol. The van der Waals surface area contributed by atoms with E-state index in [0.717, 1.165) is 12.0 Å². The topological polar surface area (TPSA) is 12.0 Å². The van der Waals surface area contributed by atoms with Crippen molar-refractivity contribution in [3.63, 3.8) is 0 Å². The van der Waals surface area contributed by atoms with Gasteiger partial charge < -0.3 is 5.32 Å². The van der Waals surface area contributed by atoms with Crippen LogP contribution in [-0.2, 0) is 0 Å². The van der Waals surface area contributed by atoms with Gasteiger partial charge in [0.05, 0.1) is 0 Å². The largest absolute Gasteiger partial charge is 0.314 e.